The van der Waals surface area contributed by atoms with Gasteiger partial charge in [-0.25, -0.2) is 0 Å². The summed E-state index contributed by atoms with van der Waals surface area (Å²) in [6, 6.07) is 0. The molecule has 9 heteroatoms. The van der Waals surface area contributed by atoms with Crippen molar-refractivity contribution >= 4 is 26.2 Å². The van der Waals surface area contributed by atoms with Crippen LogP contribution in [0, 0.1) is 0 Å². The highest BCUT2D eigenvalue weighted by molar-refractivity contribution is 7.54. The van der Waals surface area contributed by atoms with Crippen LogP contribution < -0.4 is 0 Å². The van der Waals surface area contributed by atoms with Crippen molar-refractivity contribution in [3.8, 4) is 0 Å². The van der Waals surface area contributed by atoms with Crippen molar-refractivity contribution in [1.82, 2.24) is 0 Å². The molecule has 0 aliphatic heterocycles. The molecule has 0 bridgehead atoms. The molecule has 0 atom stereocenters. The maximum absolute atomic E-state index is 8.03. The normalized spacial score (nSPS) is 11.3. The van der Waals surface area contributed by atoms with E-state index in [0.29, 0.717) is 0 Å². The van der Waals surface area contributed by atoms with E-state index in [9.17, 15) is 0 Å². The first-order chi connectivity index (χ1) is 4.13. The van der Waals surface area contributed by atoms with Gasteiger partial charge in [0, 0.05) is 0 Å². The molecule has 0 aliphatic carbocycles. The van der Waals surface area contributed by atoms with E-state index in [2.05, 4.69) is 8.62 Å². The molecule has 0 amide bonds. The van der Waals surface area contributed by atoms with Crippen LogP contribution in [0.25, 0.3) is 0 Å². The molecule has 0 aromatic carbocycles. The van der Waals surface area contributed by atoms with Gasteiger partial charge in [-0.15, -0.1) is 0 Å². The molecule has 0 radical (unpaired) electrons. The van der Waals surface area contributed by atoms with Crippen LogP contribution in [0.1, 0.15) is 0 Å². The summed E-state index contributed by atoms with van der Waals surface area (Å²) in [4.78, 5) is 32.1. The topological polar surface area (TPSA) is 99.4 Å². The lowest BCUT2D eigenvalue weighted by Crippen LogP contribution is -1.71. The zero-order chi connectivity index (χ0) is 7.28. The second kappa shape index (κ2) is 5.81. The van der Waals surface area contributed by atoms with E-state index >= 15 is 0 Å². The molecule has 0 fully saturated rings. The van der Waals surface area contributed by atoms with Crippen molar-refractivity contribution in [2.45, 2.75) is 0 Å². The predicted molar refractivity (Wildman–Crippen MR) is 33.2 cm³/mol. The zero-order valence-corrected chi connectivity index (χ0v) is 6.79. The summed E-state index contributed by atoms with van der Waals surface area (Å²) in [5.41, 5.74) is 0. The third-order valence-corrected chi connectivity index (χ3v) is 2.14. The van der Waals surface area contributed by atoms with E-state index in [-0.39, 0.29) is 0 Å². The lowest BCUT2D eigenvalue weighted by molar-refractivity contribution is 0.355. The van der Waals surface area contributed by atoms with Crippen molar-refractivity contribution in [1.29, 1.82) is 0 Å². The van der Waals surface area contributed by atoms with Crippen LogP contribution in [0.2, 0.25) is 0 Å². The molecule has 0 heterocycles. The second-order valence-corrected chi connectivity index (χ2v) is 3.41. The minimum Gasteiger partial charge on any atom is -0.328 e. The first-order valence-corrected chi connectivity index (χ1v) is 4.72. The maximum Gasteiger partial charge on any atom is 0.332 e. The highest BCUT2D eigenvalue weighted by Gasteiger charge is 2.02. The van der Waals surface area contributed by atoms with Crippen LogP contribution >= 0.6 is 26.2 Å². The Kier molecular flexibility index (Phi) is 6.48. The minimum absolute atomic E-state index is 0.749. The fraction of sp³-hybridized carbons (Fsp3) is 0. The largest absolute Gasteiger partial charge is 0.332 e. The zero-order valence-electron chi connectivity index (χ0n) is 4.00. The van der Waals surface area contributed by atoms with E-state index in [1.165, 1.54) is 0 Å². The summed E-state index contributed by atoms with van der Waals surface area (Å²) in [6.45, 7) is 0. The van der Waals surface area contributed by atoms with Gasteiger partial charge in [-0.05, 0) is 0 Å². The van der Waals surface area contributed by atoms with Crippen molar-refractivity contribution in [2.75, 3.05) is 0 Å². The predicted octanol–water partition coefficient (Wildman–Crippen LogP) is -0.0489. The fourth-order valence-electron chi connectivity index (χ4n) is 0.0833. The number of hydrogen-bond donors (Lipinski definition) is 4. The second-order valence-electron chi connectivity index (χ2n) is 0.771. The van der Waals surface area contributed by atoms with E-state index in [1.54, 1.807) is 0 Å². The lowest BCUT2D eigenvalue weighted by Gasteiger charge is -2.02. The summed E-state index contributed by atoms with van der Waals surface area (Å²) in [5.74, 6) is 0. The van der Waals surface area contributed by atoms with E-state index in [1.807, 2.05) is 0 Å². The third-order valence-electron chi connectivity index (χ3n) is 0.238. The lowest BCUT2D eigenvalue weighted by atomic mass is 15.7. The summed E-state index contributed by atoms with van der Waals surface area (Å²) in [5, 5.41) is 0. The Morgan fingerprint density at radius 3 is 1.44 bits per heavy atom. The van der Waals surface area contributed by atoms with Crippen molar-refractivity contribution in [3.63, 3.8) is 0 Å². The standard InChI is InChI=1S/H5O6P3/c1-8(2)5-7-6-9(3)4/h1-4,7H. The smallest absolute Gasteiger partial charge is 0.328 e. The quantitative estimate of drug-likeness (QED) is 0.468. The molecular formula is H5O6P3. The molecule has 0 aromatic rings. The molecule has 4 N–H and O–H groups in total. The Bertz CT molecular complexity index is 53.3. The fourth-order valence-corrected chi connectivity index (χ4v) is 1.05. The molecule has 0 unspecified atom stereocenters. The third kappa shape index (κ3) is 9.05. The average molecular weight is 194 g/mol. The summed E-state index contributed by atoms with van der Waals surface area (Å²) in [6.07, 6.45) is 0. The first kappa shape index (κ1) is 10.0. The van der Waals surface area contributed by atoms with Gasteiger partial charge in [0.05, 0.1) is 0 Å². The van der Waals surface area contributed by atoms with Gasteiger partial charge in [-0.3, -0.25) is 8.62 Å². The number of rotatable bonds is 4. The Morgan fingerprint density at radius 1 is 0.889 bits per heavy atom. The van der Waals surface area contributed by atoms with Crippen LogP contribution in [0.3, 0.4) is 0 Å². The molecule has 0 saturated heterocycles. The minimum atomic E-state index is -2.46. The summed E-state index contributed by atoms with van der Waals surface area (Å²) >= 11 is 0. The van der Waals surface area contributed by atoms with Crippen LogP contribution in [0.15, 0.2) is 0 Å². The maximum atomic E-state index is 8.03. The summed E-state index contributed by atoms with van der Waals surface area (Å²) in [7, 11) is -5.66. The molecule has 56 valence electrons. The van der Waals surface area contributed by atoms with Crippen LogP contribution in [-0.4, -0.2) is 19.6 Å². The van der Waals surface area contributed by atoms with Crippen LogP contribution in [0.5, 0.6) is 0 Å². The average Bonchev–Trinajstić information content (AvgIpc) is 1.63. The van der Waals surface area contributed by atoms with Gasteiger partial charge in [0.15, 0.2) is 9.03 Å². The molecule has 0 spiro atoms. The van der Waals surface area contributed by atoms with Gasteiger partial charge in [0.2, 0.25) is 0 Å². The van der Waals surface area contributed by atoms with Crippen LogP contribution in [0.4, 0.5) is 0 Å². The SMILES string of the molecule is OP(O)OPOP(O)O. The molecule has 0 rings (SSSR count). The monoisotopic (exact) mass is 194 g/mol. The van der Waals surface area contributed by atoms with Gasteiger partial charge in [-0.1, -0.05) is 0 Å². The van der Waals surface area contributed by atoms with Gasteiger partial charge >= 0.3 is 17.2 Å². The van der Waals surface area contributed by atoms with Crippen LogP contribution in [-0.2, 0) is 8.62 Å². The van der Waals surface area contributed by atoms with Crippen molar-refractivity contribution in [3.05, 3.63) is 0 Å². The number of hydrogen-bond acceptors (Lipinski definition) is 6. The Morgan fingerprint density at radius 2 is 1.22 bits per heavy atom. The van der Waals surface area contributed by atoms with Crippen molar-refractivity contribution in [2.24, 2.45) is 0 Å². The molecule has 0 aliphatic rings. The molecule has 9 heavy (non-hydrogen) atoms. The first-order valence-electron chi connectivity index (χ1n) is 1.57. The van der Waals surface area contributed by atoms with Crippen molar-refractivity contribution < 1.29 is 28.2 Å². The Hall–Kier alpha value is 1.05. The van der Waals surface area contributed by atoms with Gasteiger partial charge < -0.3 is 19.6 Å². The highest BCUT2D eigenvalue weighted by Crippen LogP contribution is 2.43. The molecule has 0 aromatic heterocycles. The molecule has 0 saturated carbocycles. The van der Waals surface area contributed by atoms with Gasteiger partial charge in [0.1, 0.15) is 0 Å². The van der Waals surface area contributed by atoms with E-state index in [0.717, 1.165) is 0 Å². The highest BCUT2D eigenvalue weighted by atomic mass is 31.2. The van der Waals surface area contributed by atoms with Gasteiger partial charge in [0.25, 0.3) is 0 Å². The Balaban J connectivity index is 2.91. The van der Waals surface area contributed by atoms with Gasteiger partial charge in [-0.2, -0.15) is 0 Å². The molecule has 6 nitrogen and oxygen atoms in total. The Labute approximate surface area is 55.4 Å². The van der Waals surface area contributed by atoms with E-state index in [4.69, 9.17) is 19.6 Å². The molecular weight excluding hydrogens is 189 g/mol. The summed E-state index contributed by atoms with van der Waals surface area (Å²) < 4.78 is 8.06. The van der Waals surface area contributed by atoms with E-state index < -0.39 is 26.2 Å².